The van der Waals surface area contributed by atoms with E-state index in [0.717, 1.165) is 31.4 Å². The van der Waals surface area contributed by atoms with E-state index >= 15 is 0 Å². The highest BCUT2D eigenvalue weighted by Crippen LogP contribution is 2.45. The van der Waals surface area contributed by atoms with Crippen molar-refractivity contribution < 1.29 is 34.6 Å². The van der Waals surface area contributed by atoms with E-state index in [4.69, 9.17) is 14.2 Å². The van der Waals surface area contributed by atoms with E-state index in [0.29, 0.717) is 11.7 Å². The fraction of sp³-hybridized carbons (Fsp3) is 0.727. The molecular weight excluding hydrogens is 390 g/mol. The number of nitrogens with zero attached hydrogens (tertiary/aromatic N) is 1. The monoisotopic (exact) mass is 425 g/mol. The highest BCUT2D eigenvalue weighted by atomic mass is 16.7. The lowest BCUT2D eigenvalue weighted by molar-refractivity contribution is -0.277. The molecule has 170 valence electrons. The lowest BCUT2D eigenvalue weighted by Gasteiger charge is -2.45. The van der Waals surface area contributed by atoms with Gasteiger partial charge in [0.2, 0.25) is 6.29 Å². The number of rotatable bonds is 7. The van der Waals surface area contributed by atoms with E-state index in [1.54, 1.807) is 13.2 Å². The molecule has 4 N–H and O–H groups in total. The van der Waals surface area contributed by atoms with Gasteiger partial charge in [-0.05, 0) is 44.6 Å². The van der Waals surface area contributed by atoms with Crippen molar-refractivity contribution in [1.82, 2.24) is 4.90 Å². The average Bonchev–Trinajstić information content (AvgIpc) is 2.74. The van der Waals surface area contributed by atoms with Crippen molar-refractivity contribution in [3.8, 4) is 5.75 Å². The second-order valence-electron chi connectivity index (χ2n) is 8.64. The first-order valence-electron chi connectivity index (χ1n) is 10.6. The zero-order valence-electron chi connectivity index (χ0n) is 18.0. The van der Waals surface area contributed by atoms with Crippen molar-refractivity contribution in [1.29, 1.82) is 0 Å². The minimum atomic E-state index is -1.47. The molecule has 0 amide bonds. The maximum atomic E-state index is 10.3. The van der Waals surface area contributed by atoms with Crippen LogP contribution in [0.25, 0.3) is 0 Å². The standard InChI is InChI=1S/C22H35NO7/c1-23(2)12-15-7-4-5-10-22(15,28-3)14-8-6-9-16(11-14)29-21-20(27)19(26)18(25)17(13-24)30-21/h6,8-9,11,15,17-21,24-27H,4-5,7,10,12-13H2,1-3H3/t15-,17?,18-,19+,20?,21+,22+/m1/s1. The van der Waals surface area contributed by atoms with E-state index < -0.39 is 42.9 Å². The minimum Gasteiger partial charge on any atom is -0.462 e. The quantitative estimate of drug-likeness (QED) is 0.499. The third kappa shape index (κ3) is 4.65. The van der Waals surface area contributed by atoms with Gasteiger partial charge in [0.25, 0.3) is 0 Å². The molecule has 3 rings (SSSR count). The van der Waals surface area contributed by atoms with Crippen LogP contribution in [0.2, 0.25) is 0 Å². The molecule has 0 spiro atoms. The number of hydrogen-bond donors (Lipinski definition) is 4. The van der Waals surface area contributed by atoms with Gasteiger partial charge in [-0.3, -0.25) is 0 Å². The summed E-state index contributed by atoms with van der Waals surface area (Å²) in [4.78, 5) is 2.18. The van der Waals surface area contributed by atoms with Crippen LogP contribution in [-0.2, 0) is 15.1 Å². The minimum absolute atomic E-state index is 0.328. The largest absolute Gasteiger partial charge is 0.462 e. The molecule has 1 saturated heterocycles. The molecule has 2 fully saturated rings. The van der Waals surface area contributed by atoms with E-state index in [9.17, 15) is 20.4 Å². The first-order valence-corrected chi connectivity index (χ1v) is 10.6. The summed E-state index contributed by atoms with van der Waals surface area (Å²) in [5.74, 6) is 0.788. The summed E-state index contributed by atoms with van der Waals surface area (Å²) in [5.41, 5.74) is 0.565. The molecular formula is C22H35NO7. The number of hydrogen-bond acceptors (Lipinski definition) is 8. The van der Waals surface area contributed by atoms with Crippen molar-refractivity contribution >= 4 is 0 Å². The molecule has 30 heavy (non-hydrogen) atoms. The number of benzene rings is 1. The van der Waals surface area contributed by atoms with Gasteiger partial charge in [0, 0.05) is 19.6 Å². The number of aliphatic hydroxyl groups is 4. The Morgan fingerprint density at radius 1 is 1.13 bits per heavy atom. The fourth-order valence-electron chi connectivity index (χ4n) is 4.79. The second-order valence-corrected chi connectivity index (χ2v) is 8.64. The summed E-state index contributed by atoms with van der Waals surface area (Å²) in [7, 11) is 5.88. The van der Waals surface area contributed by atoms with E-state index in [1.165, 1.54) is 6.42 Å². The van der Waals surface area contributed by atoms with Crippen LogP contribution in [0.15, 0.2) is 24.3 Å². The molecule has 0 radical (unpaired) electrons. The summed E-state index contributed by atoms with van der Waals surface area (Å²) in [5, 5.41) is 39.6. The van der Waals surface area contributed by atoms with Crippen molar-refractivity contribution in [3.05, 3.63) is 29.8 Å². The Hall–Kier alpha value is -1.26. The summed E-state index contributed by atoms with van der Waals surface area (Å²) in [6.45, 7) is 0.412. The Balaban J connectivity index is 1.84. The Labute approximate surface area is 178 Å². The molecule has 1 aromatic rings. The van der Waals surface area contributed by atoms with Crippen molar-refractivity contribution in [3.63, 3.8) is 0 Å². The van der Waals surface area contributed by atoms with Crippen molar-refractivity contribution in [2.75, 3.05) is 34.4 Å². The van der Waals surface area contributed by atoms with Gasteiger partial charge in [-0.2, -0.15) is 0 Å². The second kappa shape index (κ2) is 9.91. The summed E-state index contributed by atoms with van der Waals surface area (Å²) in [6.07, 6.45) is -2.32. The Kier molecular flexibility index (Phi) is 7.73. The van der Waals surface area contributed by atoms with Crippen LogP contribution in [0.4, 0.5) is 0 Å². The van der Waals surface area contributed by atoms with Crippen LogP contribution >= 0.6 is 0 Å². The molecule has 1 aliphatic carbocycles. The van der Waals surface area contributed by atoms with E-state index in [1.807, 2.05) is 18.2 Å². The van der Waals surface area contributed by atoms with Gasteiger partial charge in [-0.25, -0.2) is 0 Å². The topological polar surface area (TPSA) is 112 Å². The molecule has 8 nitrogen and oxygen atoms in total. The van der Waals surface area contributed by atoms with Crippen molar-refractivity contribution in [2.45, 2.75) is 62.0 Å². The highest BCUT2D eigenvalue weighted by Gasteiger charge is 2.45. The highest BCUT2D eigenvalue weighted by molar-refractivity contribution is 5.34. The predicted octanol–water partition coefficient (Wildman–Crippen LogP) is 0.459. The molecule has 0 bridgehead atoms. The van der Waals surface area contributed by atoms with Gasteiger partial charge in [0.15, 0.2) is 0 Å². The normalized spacial score (nSPS) is 37.3. The molecule has 2 aliphatic rings. The van der Waals surface area contributed by atoms with E-state index in [2.05, 4.69) is 19.0 Å². The van der Waals surface area contributed by atoms with Crippen LogP contribution < -0.4 is 4.74 Å². The van der Waals surface area contributed by atoms with Crippen molar-refractivity contribution in [2.24, 2.45) is 5.92 Å². The van der Waals surface area contributed by atoms with Crippen LogP contribution in [0.5, 0.6) is 5.75 Å². The maximum absolute atomic E-state index is 10.3. The summed E-state index contributed by atoms with van der Waals surface area (Å²) < 4.78 is 17.5. The van der Waals surface area contributed by atoms with Crippen LogP contribution in [0.3, 0.4) is 0 Å². The smallest absolute Gasteiger partial charge is 0.229 e. The third-order valence-corrected chi connectivity index (χ3v) is 6.38. The van der Waals surface area contributed by atoms with Crippen LogP contribution in [-0.4, -0.2) is 90.4 Å². The van der Waals surface area contributed by atoms with Crippen LogP contribution in [0, 0.1) is 5.92 Å². The van der Waals surface area contributed by atoms with Gasteiger partial charge in [0.1, 0.15) is 30.2 Å². The molecule has 8 heteroatoms. The van der Waals surface area contributed by atoms with Gasteiger partial charge in [0.05, 0.1) is 12.2 Å². The summed E-state index contributed by atoms with van der Waals surface area (Å²) >= 11 is 0. The number of ether oxygens (including phenoxy) is 3. The molecule has 7 atom stereocenters. The molecule has 1 heterocycles. The zero-order chi connectivity index (χ0) is 21.9. The predicted molar refractivity (Wildman–Crippen MR) is 110 cm³/mol. The molecule has 1 aliphatic heterocycles. The molecule has 1 saturated carbocycles. The summed E-state index contributed by atoms with van der Waals surface area (Å²) in [6, 6.07) is 7.53. The van der Waals surface area contributed by atoms with Crippen LogP contribution in [0.1, 0.15) is 31.2 Å². The van der Waals surface area contributed by atoms with Gasteiger partial charge >= 0.3 is 0 Å². The first-order chi connectivity index (χ1) is 14.3. The zero-order valence-corrected chi connectivity index (χ0v) is 18.0. The number of methoxy groups -OCH3 is 1. The van der Waals surface area contributed by atoms with E-state index in [-0.39, 0.29) is 0 Å². The Morgan fingerprint density at radius 2 is 1.90 bits per heavy atom. The first kappa shape index (κ1) is 23.4. The lowest BCUT2D eigenvalue weighted by atomic mass is 9.71. The lowest BCUT2D eigenvalue weighted by Crippen LogP contribution is -2.60. The molecule has 1 aromatic carbocycles. The molecule has 0 aromatic heterocycles. The number of aliphatic hydroxyl groups excluding tert-OH is 4. The SMILES string of the molecule is CO[C@]1(c2cccc(O[C@H]3OC(CO)[C@@H](O)[C@H](O)C3O)c2)CCCC[C@@H]1CN(C)C. The Morgan fingerprint density at radius 3 is 2.57 bits per heavy atom. The average molecular weight is 426 g/mol. The maximum Gasteiger partial charge on any atom is 0.229 e. The molecule has 2 unspecified atom stereocenters. The fourth-order valence-corrected chi connectivity index (χ4v) is 4.79. The van der Waals surface area contributed by atoms with Gasteiger partial charge in [-0.15, -0.1) is 0 Å². The third-order valence-electron chi connectivity index (χ3n) is 6.38. The Bertz CT molecular complexity index is 685. The van der Waals surface area contributed by atoms with Gasteiger partial charge < -0.3 is 39.5 Å². The van der Waals surface area contributed by atoms with Gasteiger partial charge in [-0.1, -0.05) is 25.0 Å².